The average Bonchev–Trinajstić information content (AvgIpc) is 3.76. The Morgan fingerprint density at radius 3 is 2.77 bits per heavy atom. The van der Waals surface area contributed by atoms with E-state index in [-0.39, 0.29) is 35.0 Å². The highest BCUT2D eigenvalue weighted by Crippen LogP contribution is 2.51. The van der Waals surface area contributed by atoms with Crippen molar-refractivity contribution in [2.75, 3.05) is 24.7 Å². The second-order valence-corrected chi connectivity index (χ2v) is 12.0. The van der Waals surface area contributed by atoms with Crippen molar-refractivity contribution in [2.24, 2.45) is 0 Å². The molecule has 6 heterocycles. The van der Waals surface area contributed by atoms with Crippen LogP contribution in [-0.2, 0) is 4.74 Å². The Morgan fingerprint density at radius 2 is 1.95 bits per heavy atom. The highest BCUT2D eigenvalue weighted by atomic mass is 35.5. The molecular weight excluding hydrogens is 533 g/mol. The molecule has 4 aromatic rings. The molecule has 3 fully saturated rings. The van der Waals surface area contributed by atoms with Crippen molar-refractivity contribution >= 4 is 39.1 Å². The summed E-state index contributed by atoms with van der Waals surface area (Å²) in [7, 11) is 0. The lowest BCUT2D eigenvalue weighted by atomic mass is 9.95. The van der Waals surface area contributed by atoms with Crippen molar-refractivity contribution in [3.05, 3.63) is 45.1 Å². The molecule has 10 heteroatoms. The minimum absolute atomic E-state index is 0.113. The first-order chi connectivity index (χ1) is 19.6. The summed E-state index contributed by atoms with van der Waals surface area (Å²) in [6.45, 7) is 1.92. The molecule has 2 atom stereocenters. The molecule has 2 unspecified atom stereocenters. The number of nitrogens with one attached hydrogen (secondary N) is 1. The standard InChI is InChI=1S/C30H31ClFN5O3/c31-19-12-20-18(14-33-37(20)23-7-3-5-11-39-23)25(24(19)16-8-9-16)28-27(32)29-26-21(13-22(38)34-29)36-10-4-1-2-6-17(36)15-40-30(26)35-28/h12-14,16-17,23H,1-11,15H2,(H,34,38). The predicted octanol–water partition coefficient (Wildman–Crippen LogP) is 6.45. The molecule has 1 saturated carbocycles. The van der Waals surface area contributed by atoms with Crippen molar-refractivity contribution in [1.29, 1.82) is 0 Å². The van der Waals surface area contributed by atoms with Crippen LogP contribution in [-0.4, -0.2) is 45.5 Å². The maximum atomic E-state index is 16.8. The fourth-order valence-electron chi connectivity index (χ4n) is 6.93. The lowest BCUT2D eigenvalue weighted by Crippen LogP contribution is -2.38. The molecule has 4 aliphatic rings. The summed E-state index contributed by atoms with van der Waals surface area (Å²) in [6, 6.07) is 3.62. The van der Waals surface area contributed by atoms with Gasteiger partial charge < -0.3 is 19.4 Å². The van der Waals surface area contributed by atoms with E-state index in [9.17, 15) is 4.79 Å². The van der Waals surface area contributed by atoms with Gasteiger partial charge in [-0.15, -0.1) is 0 Å². The number of hydrogen-bond donors (Lipinski definition) is 1. The number of nitrogens with zero attached hydrogens (tertiary/aromatic N) is 4. The monoisotopic (exact) mass is 563 g/mol. The van der Waals surface area contributed by atoms with Crippen molar-refractivity contribution in [3.63, 3.8) is 0 Å². The summed E-state index contributed by atoms with van der Waals surface area (Å²) in [5.41, 5.74) is 2.96. The molecular formula is C30H31ClFN5O3. The molecule has 208 valence electrons. The van der Waals surface area contributed by atoms with Gasteiger partial charge in [0, 0.05) is 35.2 Å². The number of halogens is 2. The van der Waals surface area contributed by atoms with E-state index in [1.54, 1.807) is 12.3 Å². The maximum absolute atomic E-state index is 16.8. The molecule has 1 aliphatic carbocycles. The number of aromatic amines is 1. The van der Waals surface area contributed by atoms with Gasteiger partial charge in [0.05, 0.1) is 34.3 Å². The third-order valence-electron chi connectivity index (χ3n) is 9.02. The Labute approximate surface area is 235 Å². The Balaban J connectivity index is 1.39. The molecule has 0 bridgehead atoms. The summed E-state index contributed by atoms with van der Waals surface area (Å²) in [4.78, 5) is 22.8. The van der Waals surface area contributed by atoms with Crippen LogP contribution in [0.2, 0.25) is 5.02 Å². The Morgan fingerprint density at radius 1 is 1.07 bits per heavy atom. The van der Waals surface area contributed by atoms with Gasteiger partial charge in [0.2, 0.25) is 5.88 Å². The van der Waals surface area contributed by atoms with Gasteiger partial charge in [-0.05, 0) is 62.5 Å². The van der Waals surface area contributed by atoms with E-state index in [2.05, 4.69) is 9.88 Å². The molecule has 1 N–H and O–H groups in total. The largest absolute Gasteiger partial charge is 0.475 e. The molecule has 3 aliphatic heterocycles. The van der Waals surface area contributed by atoms with Crippen molar-refractivity contribution < 1.29 is 13.9 Å². The number of H-pyrrole nitrogens is 1. The minimum Gasteiger partial charge on any atom is -0.475 e. The average molecular weight is 564 g/mol. The minimum atomic E-state index is -0.568. The number of anilines is 1. The van der Waals surface area contributed by atoms with Gasteiger partial charge >= 0.3 is 0 Å². The van der Waals surface area contributed by atoms with Gasteiger partial charge in [0.25, 0.3) is 5.56 Å². The third kappa shape index (κ3) is 3.84. The number of ether oxygens (including phenoxy) is 2. The molecule has 40 heavy (non-hydrogen) atoms. The normalized spacial score (nSPS) is 23.1. The summed E-state index contributed by atoms with van der Waals surface area (Å²) in [6.07, 6.45) is 10.7. The molecule has 8 nitrogen and oxygen atoms in total. The smallest absolute Gasteiger partial charge is 0.250 e. The predicted molar refractivity (Wildman–Crippen MR) is 152 cm³/mol. The number of benzene rings is 1. The molecule has 0 amide bonds. The van der Waals surface area contributed by atoms with E-state index >= 15 is 4.39 Å². The summed E-state index contributed by atoms with van der Waals surface area (Å²) in [5, 5.41) is 6.58. The second-order valence-electron chi connectivity index (χ2n) is 11.6. The first-order valence-corrected chi connectivity index (χ1v) is 14.9. The lowest BCUT2D eigenvalue weighted by Gasteiger charge is -2.29. The highest BCUT2D eigenvalue weighted by molar-refractivity contribution is 6.33. The summed E-state index contributed by atoms with van der Waals surface area (Å²) < 4.78 is 31.0. The van der Waals surface area contributed by atoms with Crippen LogP contribution in [0.5, 0.6) is 5.88 Å². The van der Waals surface area contributed by atoms with Crippen LogP contribution in [0.1, 0.15) is 75.5 Å². The van der Waals surface area contributed by atoms with Gasteiger partial charge in [-0.3, -0.25) is 4.79 Å². The lowest BCUT2D eigenvalue weighted by molar-refractivity contribution is -0.0366. The van der Waals surface area contributed by atoms with E-state index in [0.29, 0.717) is 40.8 Å². The zero-order valence-electron chi connectivity index (χ0n) is 22.2. The van der Waals surface area contributed by atoms with Gasteiger partial charge in [-0.1, -0.05) is 24.4 Å². The van der Waals surface area contributed by atoms with Crippen LogP contribution in [0, 0.1) is 5.82 Å². The van der Waals surface area contributed by atoms with Gasteiger partial charge in [0.1, 0.15) is 12.3 Å². The highest BCUT2D eigenvalue weighted by Gasteiger charge is 2.36. The SMILES string of the molecule is O=c1cc2c3c(nc(-c4c(C5CC5)c(Cl)cc5c4cnn5C4CCCCO4)c(F)c3[nH]1)OCC1CCCCCN21. The second kappa shape index (κ2) is 9.45. The van der Waals surface area contributed by atoms with Crippen LogP contribution >= 0.6 is 11.6 Å². The number of fused-ring (bicyclic) bond motifs is 3. The van der Waals surface area contributed by atoms with E-state index in [0.717, 1.165) is 80.8 Å². The van der Waals surface area contributed by atoms with Crippen LogP contribution in [0.4, 0.5) is 10.1 Å². The van der Waals surface area contributed by atoms with Gasteiger partial charge in [-0.2, -0.15) is 5.10 Å². The van der Waals surface area contributed by atoms with Gasteiger partial charge in [-0.25, -0.2) is 14.1 Å². The Kier molecular flexibility index (Phi) is 5.81. The number of pyridine rings is 2. The zero-order chi connectivity index (χ0) is 27.0. The molecule has 1 aromatic carbocycles. The summed E-state index contributed by atoms with van der Waals surface area (Å²) >= 11 is 6.96. The van der Waals surface area contributed by atoms with Crippen molar-refractivity contribution in [2.45, 2.75) is 76.0 Å². The third-order valence-corrected chi connectivity index (χ3v) is 9.33. The van der Waals surface area contributed by atoms with Crippen LogP contribution in [0.15, 0.2) is 23.1 Å². The number of rotatable bonds is 3. The molecule has 0 spiro atoms. The van der Waals surface area contributed by atoms with Crippen molar-refractivity contribution in [3.8, 4) is 17.1 Å². The molecule has 8 rings (SSSR count). The molecule has 2 saturated heterocycles. The van der Waals surface area contributed by atoms with Crippen LogP contribution in [0.3, 0.4) is 0 Å². The van der Waals surface area contributed by atoms with Crippen LogP contribution in [0.25, 0.3) is 33.1 Å². The zero-order valence-corrected chi connectivity index (χ0v) is 23.0. The first kappa shape index (κ1) is 24.6. The van der Waals surface area contributed by atoms with E-state index in [4.69, 9.17) is 31.2 Å². The van der Waals surface area contributed by atoms with Crippen LogP contribution < -0.4 is 15.2 Å². The quantitative estimate of drug-likeness (QED) is 0.308. The fraction of sp³-hybridized carbons (Fsp3) is 0.500. The Hall–Kier alpha value is -3.17. The number of hydrogen-bond acceptors (Lipinski definition) is 6. The molecule has 0 radical (unpaired) electrons. The number of aromatic nitrogens is 4. The van der Waals surface area contributed by atoms with Gasteiger partial charge in [0.15, 0.2) is 12.0 Å². The van der Waals surface area contributed by atoms with E-state index in [1.807, 2.05) is 10.7 Å². The first-order valence-electron chi connectivity index (χ1n) is 14.6. The summed E-state index contributed by atoms with van der Waals surface area (Å²) in [5.74, 6) is 0.00606. The van der Waals surface area contributed by atoms with E-state index < -0.39 is 5.82 Å². The van der Waals surface area contributed by atoms with E-state index in [1.165, 1.54) is 0 Å². The maximum Gasteiger partial charge on any atom is 0.250 e. The van der Waals surface area contributed by atoms with Crippen molar-refractivity contribution in [1.82, 2.24) is 19.7 Å². The fourth-order valence-corrected chi connectivity index (χ4v) is 7.29. The Bertz CT molecular complexity index is 1710. The molecule has 3 aromatic heterocycles. The topological polar surface area (TPSA) is 85.3 Å².